The molecule has 1 unspecified atom stereocenters. The van der Waals surface area contributed by atoms with Crippen LogP contribution in [0, 0.1) is 0 Å². The third kappa shape index (κ3) is 2.96. The average Bonchev–Trinajstić information content (AvgIpc) is 2.06. The van der Waals surface area contributed by atoms with Crippen molar-refractivity contribution in [1.29, 1.82) is 0 Å². The lowest BCUT2D eigenvalue weighted by molar-refractivity contribution is 0.687. The van der Waals surface area contributed by atoms with E-state index in [0.29, 0.717) is 11.5 Å². The molecule has 0 saturated carbocycles. The molecule has 64 valence electrons. The summed E-state index contributed by atoms with van der Waals surface area (Å²) in [5.41, 5.74) is 1.22. The van der Waals surface area contributed by atoms with Gasteiger partial charge in [-0.1, -0.05) is 30.3 Å². The Hall–Kier alpha value is -0.960. The fourth-order valence-electron chi connectivity index (χ4n) is 1.07. The van der Waals surface area contributed by atoms with Crippen molar-refractivity contribution in [3.63, 3.8) is 0 Å². The van der Waals surface area contributed by atoms with E-state index in [0.717, 1.165) is 6.42 Å². The van der Waals surface area contributed by atoms with Gasteiger partial charge in [-0.3, -0.25) is 0 Å². The van der Waals surface area contributed by atoms with Gasteiger partial charge in [0.2, 0.25) is 0 Å². The van der Waals surface area contributed by atoms with Gasteiger partial charge in [-0.05, 0) is 18.9 Å². The van der Waals surface area contributed by atoms with Crippen LogP contribution in [0.4, 0.5) is 0 Å². The predicted molar refractivity (Wildman–Crippen MR) is 50.2 cm³/mol. The highest BCUT2D eigenvalue weighted by atomic mass is 32.1. The van der Waals surface area contributed by atoms with Gasteiger partial charge in [-0.2, -0.15) is 8.57 Å². The van der Waals surface area contributed by atoms with Crippen molar-refractivity contribution >= 4 is 11.5 Å². The zero-order chi connectivity index (χ0) is 8.81. The minimum atomic E-state index is 0.106. The molecule has 0 heterocycles. The van der Waals surface area contributed by atoms with Gasteiger partial charge in [0.15, 0.2) is 11.5 Å². The van der Waals surface area contributed by atoms with E-state index >= 15 is 0 Å². The Morgan fingerprint density at radius 3 is 2.67 bits per heavy atom. The number of rotatable bonds is 3. The Morgan fingerprint density at radius 1 is 1.42 bits per heavy atom. The second-order valence-electron chi connectivity index (χ2n) is 2.72. The minimum absolute atomic E-state index is 0.106. The average molecular weight is 181 g/mol. The van der Waals surface area contributed by atoms with Crippen LogP contribution in [-0.2, 0) is 17.9 Å². The van der Waals surface area contributed by atoms with Gasteiger partial charge in [0.1, 0.15) is 0 Å². The molecule has 1 aromatic rings. The van der Waals surface area contributed by atoms with Crippen LogP contribution in [0.3, 0.4) is 0 Å². The largest absolute Gasteiger partial charge is 0.199 e. The van der Waals surface area contributed by atoms with Crippen LogP contribution in [0.5, 0.6) is 0 Å². The molecule has 0 aliphatic rings. The molecule has 0 saturated heterocycles. The van der Waals surface area contributed by atoms with Gasteiger partial charge in [-0.25, -0.2) is 0 Å². The van der Waals surface area contributed by atoms with Crippen LogP contribution in [0.2, 0.25) is 0 Å². The van der Waals surface area contributed by atoms with Crippen molar-refractivity contribution in [1.82, 2.24) is 0 Å². The SMILES string of the molecule is CC(Cc1ccccc1)N=S=O. The van der Waals surface area contributed by atoms with Crippen molar-refractivity contribution in [3.8, 4) is 0 Å². The Kier molecular flexibility index (Phi) is 3.67. The molecule has 1 atom stereocenters. The molecule has 2 nitrogen and oxygen atoms in total. The molecule has 1 rings (SSSR count). The molecular weight excluding hydrogens is 170 g/mol. The summed E-state index contributed by atoms with van der Waals surface area (Å²) in [4.78, 5) is 0. The van der Waals surface area contributed by atoms with Crippen LogP contribution in [0.25, 0.3) is 0 Å². The molecule has 3 heteroatoms. The van der Waals surface area contributed by atoms with Crippen LogP contribution in [-0.4, -0.2) is 10.3 Å². The molecule has 0 radical (unpaired) electrons. The molecule has 0 fully saturated rings. The van der Waals surface area contributed by atoms with Crippen molar-refractivity contribution in [3.05, 3.63) is 35.9 Å². The first-order chi connectivity index (χ1) is 5.83. The summed E-state index contributed by atoms with van der Waals surface area (Å²) in [5.74, 6) is 0. The maximum atomic E-state index is 10.1. The summed E-state index contributed by atoms with van der Waals surface area (Å²) >= 11 is 0.304. The summed E-state index contributed by atoms with van der Waals surface area (Å²) in [6.45, 7) is 1.94. The first-order valence-corrected chi connectivity index (χ1v) is 4.56. The fraction of sp³-hybridized carbons (Fsp3) is 0.333. The summed E-state index contributed by atoms with van der Waals surface area (Å²) in [5, 5.41) is 0. The van der Waals surface area contributed by atoms with E-state index in [1.165, 1.54) is 5.56 Å². The Morgan fingerprint density at radius 2 is 2.08 bits per heavy atom. The lowest BCUT2D eigenvalue weighted by Gasteiger charge is -2.02. The zero-order valence-corrected chi connectivity index (χ0v) is 7.75. The van der Waals surface area contributed by atoms with E-state index in [1.807, 2.05) is 37.3 Å². The van der Waals surface area contributed by atoms with Crippen molar-refractivity contribution < 1.29 is 4.21 Å². The predicted octanol–water partition coefficient (Wildman–Crippen LogP) is 2.01. The number of hydrogen-bond acceptors (Lipinski definition) is 2. The Balaban J connectivity index is 2.58. The molecule has 0 aliphatic carbocycles. The van der Waals surface area contributed by atoms with Crippen molar-refractivity contribution in [2.24, 2.45) is 4.36 Å². The van der Waals surface area contributed by atoms with E-state index in [1.54, 1.807) is 0 Å². The normalized spacial score (nSPS) is 12.1. The standard InChI is InChI=1S/C9H11NOS/c1-8(10-12-11)7-9-5-3-2-4-6-9/h2-6,8H,7H2,1H3. The van der Waals surface area contributed by atoms with E-state index in [9.17, 15) is 4.21 Å². The molecule has 1 aromatic carbocycles. The number of nitrogens with zero attached hydrogens (tertiary/aromatic N) is 1. The van der Waals surface area contributed by atoms with E-state index in [4.69, 9.17) is 0 Å². The van der Waals surface area contributed by atoms with E-state index in [-0.39, 0.29) is 6.04 Å². The monoisotopic (exact) mass is 181 g/mol. The van der Waals surface area contributed by atoms with Crippen molar-refractivity contribution in [2.75, 3.05) is 0 Å². The second kappa shape index (κ2) is 4.83. The van der Waals surface area contributed by atoms with Crippen LogP contribution < -0.4 is 0 Å². The molecule has 12 heavy (non-hydrogen) atoms. The maximum Gasteiger partial charge on any atom is 0.199 e. The van der Waals surface area contributed by atoms with Gasteiger partial charge in [-0.15, -0.1) is 0 Å². The molecule has 0 spiro atoms. The quantitative estimate of drug-likeness (QED) is 0.701. The highest BCUT2D eigenvalue weighted by molar-refractivity contribution is 7.54. The van der Waals surface area contributed by atoms with Crippen LogP contribution in [0.15, 0.2) is 34.7 Å². The number of benzene rings is 1. The lowest BCUT2D eigenvalue weighted by atomic mass is 10.1. The first kappa shape index (κ1) is 9.13. The molecular formula is C9H11NOS. The molecule has 0 N–H and O–H groups in total. The molecule has 0 amide bonds. The topological polar surface area (TPSA) is 29.4 Å². The lowest BCUT2D eigenvalue weighted by Crippen LogP contribution is -2.01. The van der Waals surface area contributed by atoms with Crippen LogP contribution >= 0.6 is 0 Å². The Bertz CT molecular complexity index is 280. The summed E-state index contributed by atoms with van der Waals surface area (Å²) in [6, 6.07) is 10.2. The van der Waals surface area contributed by atoms with Gasteiger partial charge in [0, 0.05) is 0 Å². The first-order valence-electron chi connectivity index (χ1n) is 3.86. The van der Waals surface area contributed by atoms with Crippen molar-refractivity contribution in [2.45, 2.75) is 19.4 Å². The Labute approximate surface area is 75.9 Å². The molecule has 0 aliphatic heterocycles. The van der Waals surface area contributed by atoms with Gasteiger partial charge in [0.05, 0.1) is 6.04 Å². The smallest absolute Gasteiger partial charge is 0.191 e. The summed E-state index contributed by atoms with van der Waals surface area (Å²) < 4.78 is 13.9. The third-order valence-electron chi connectivity index (χ3n) is 1.60. The second-order valence-corrected chi connectivity index (χ2v) is 3.08. The highest BCUT2D eigenvalue weighted by Crippen LogP contribution is 2.04. The third-order valence-corrected chi connectivity index (χ3v) is 2.04. The molecule has 0 aromatic heterocycles. The van der Waals surface area contributed by atoms with Crippen LogP contribution in [0.1, 0.15) is 12.5 Å². The van der Waals surface area contributed by atoms with E-state index < -0.39 is 0 Å². The van der Waals surface area contributed by atoms with Gasteiger partial charge >= 0.3 is 0 Å². The van der Waals surface area contributed by atoms with Gasteiger partial charge < -0.3 is 0 Å². The van der Waals surface area contributed by atoms with Gasteiger partial charge in [0.25, 0.3) is 0 Å². The minimum Gasteiger partial charge on any atom is -0.191 e. The summed E-state index contributed by atoms with van der Waals surface area (Å²) in [7, 11) is 0. The number of hydrogen-bond donors (Lipinski definition) is 0. The molecule has 0 bridgehead atoms. The highest BCUT2D eigenvalue weighted by Gasteiger charge is 1.99. The fourth-order valence-corrected chi connectivity index (χ4v) is 1.29. The summed E-state index contributed by atoms with van der Waals surface area (Å²) in [6.07, 6.45) is 0.843. The van der Waals surface area contributed by atoms with E-state index in [2.05, 4.69) is 4.36 Å². The maximum absolute atomic E-state index is 10.1. The zero-order valence-electron chi connectivity index (χ0n) is 6.93.